The molecule has 0 saturated heterocycles. The van der Waals surface area contributed by atoms with Crippen LogP contribution in [-0.4, -0.2) is 19.4 Å². The van der Waals surface area contributed by atoms with Crippen LogP contribution >= 0.6 is 0 Å². The molecule has 3 heteroatoms. The second-order valence-corrected chi connectivity index (χ2v) is 4.26. The summed E-state index contributed by atoms with van der Waals surface area (Å²) >= 11 is 0. The van der Waals surface area contributed by atoms with E-state index in [1.807, 2.05) is 42.5 Å². The maximum Gasteiger partial charge on any atom is 0.151 e. The number of anilines is 1. The fourth-order valence-electron chi connectivity index (χ4n) is 2.40. The smallest absolute Gasteiger partial charge is 0.151 e. The lowest BCUT2D eigenvalue weighted by atomic mass is 9.88. The average Bonchev–Trinajstić information content (AvgIpc) is 2.44. The van der Waals surface area contributed by atoms with Crippen molar-refractivity contribution in [2.24, 2.45) is 0 Å². The molecule has 2 aliphatic rings. The van der Waals surface area contributed by atoms with Crippen molar-refractivity contribution in [2.45, 2.75) is 6.04 Å². The number of rotatable bonds is 2. The average molecular weight is 239 g/mol. The third-order valence-corrected chi connectivity index (χ3v) is 3.29. The Bertz CT molecular complexity index is 596. The van der Waals surface area contributed by atoms with Crippen LogP contribution in [0.4, 0.5) is 5.69 Å². The van der Waals surface area contributed by atoms with E-state index in [1.165, 1.54) is 0 Å². The summed E-state index contributed by atoms with van der Waals surface area (Å²) in [6.07, 6.45) is 6.73. The Morgan fingerprint density at radius 3 is 2.89 bits per heavy atom. The zero-order valence-corrected chi connectivity index (χ0v) is 10.0. The van der Waals surface area contributed by atoms with Crippen molar-refractivity contribution in [3.63, 3.8) is 0 Å². The molecular formula is C15H13NO2. The van der Waals surface area contributed by atoms with Crippen LogP contribution in [0.1, 0.15) is 5.56 Å². The molecule has 1 aromatic rings. The molecule has 0 spiro atoms. The highest BCUT2D eigenvalue weighted by Crippen LogP contribution is 2.35. The zero-order valence-electron chi connectivity index (χ0n) is 10.0. The van der Waals surface area contributed by atoms with Crippen LogP contribution in [-0.2, 0) is 9.53 Å². The van der Waals surface area contributed by atoms with Gasteiger partial charge >= 0.3 is 0 Å². The van der Waals surface area contributed by atoms with E-state index in [0.29, 0.717) is 0 Å². The van der Waals surface area contributed by atoms with E-state index in [4.69, 9.17) is 4.74 Å². The predicted molar refractivity (Wildman–Crippen MR) is 71.1 cm³/mol. The number of fused-ring (bicyclic) bond motifs is 2. The number of hydrogen-bond acceptors (Lipinski definition) is 3. The third-order valence-electron chi connectivity index (χ3n) is 3.29. The van der Waals surface area contributed by atoms with E-state index >= 15 is 0 Å². The van der Waals surface area contributed by atoms with Gasteiger partial charge in [0.15, 0.2) is 6.29 Å². The quantitative estimate of drug-likeness (QED) is 0.806. The first kappa shape index (κ1) is 10.8. The van der Waals surface area contributed by atoms with Gasteiger partial charge in [-0.2, -0.15) is 0 Å². The largest absolute Gasteiger partial charge is 0.497 e. The van der Waals surface area contributed by atoms with E-state index in [-0.39, 0.29) is 6.04 Å². The summed E-state index contributed by atoms with van der Waals surface area (Å²) in [7, 11) is 1.64. The van der Waals surface area contributed by atoms with Gasteiger partial charge in [-0.25, -0.2) is 0 Å². The lowest BCUT2D eigenvalue weighted by molar-refractivity contribution is -0.103. The lowest BCUT2D eigenvalue weighted by Gasteiger charge is -2.29. The predicted octanol–water partition coefficient (Wildman–Crippen LogP) is 2.53. The van der Waals surface area contributed by atoms with Gasteiger partial charge in [-0.15, -0.1) is 0 Å². The third kappa shape index (κ3) is 1.56. The van der Waals surface area contributed by atoms with Crippen molar-refractivity contribution in [3.05, 3.63) is 59.4 Å². The molecule has 1 unspecified atom stereocenters. The summed E-state index contributed by atoms with van der Waals surface area (Å²) < 4.78 is 5.22. The monoisotopic (exact) mass is 239 g/mol. The number of methoxy groups -OCH3 is 1. The minimum atomic E-state index is 0.0000463. The summed E-state index contributed by atoms with van der Waals surface area (Å²) in [5, 5.41) is 3.40. The molecule has 0 radical (unpaired) electrons. The second kappa shape index (κ2) is 4.18. The first-order chi connectivity index (χ1) is 8.83. The van der Waals surface area contributed by atoms with Crippen LogP contribution in [0.5, 0.6) is 0 Å². The number of para-hydroxylation sites is 1. The van der Waals surface area contributed by atoms with Crippen LogP contribution in [0, 0.1) is 0 Å². The number of carbonyl (C=O) groups excluding carboxylic acids is 1. The minimum absolute atomic E-state index is 0.0000463. The molecule has 3 nitrogen and oxygen atoms in total. The number of benzene rings is 1. The molecule has 3 rings (SSSR count). The number of hydrogen-bond donors (Lipinski definition) is 1. The number of ether oxygens (including phenoxy) is 1. The number of carbonyl (C=O) groups is 1. The van der Waals surface area contributed by atoms with E-state index in [2.05, 4.69) is 5.32 Å². The van der Waals surface area contributed by atoms with Crippen molar-refractivity contribution in [1.82, 2.24) is 0 Å². The van der Waals surface area contributed by atoms with Crippen molar-refractivity contribution in [2.75, 3.05) is 12.4 Å². The number of aldehydes is 1. The molecule has 0 amide bonds. The molecule has 90 valence electrons. The van der Waals surface area contributed by atoms with Gasteiger partial charge in [0.25, 0.3) is 0 Å². The van der Waals surface area contributed by atoms with Crippen LogP contribution < -0.4 is 5.32 Å². The zero-order chi connectivity index (χ0) is 12.5. The maximum atomic E-state index is 11.4. The number of nitrogens with one attached hydrogen (secondary N) is 1. The highest BCUT2D eigenvalue weighted by molar-refractivity contribution is 6.13. The molecule has 1 heterocycles. The first-order valence-electron chi connectivity index (χ1n) is 5.82. The Morgan fingerprint density at radius 2 is 2.11 bits per heavy atom. The van der Waals surface area contributed by atoms with E-state index < -0.39 is 0 Å². The Labute approximate surface area is 105 Å². The van der Waals surface area contributed by atoms with Gasteiger partial charge in [0.2, 0.25) is 0 Å². The van der Waals surface area contributed by atoms with Crippen LogP contribution in [0.25, 0.3) is 5.57 Å². The maximum absolute atomic E-state index is 11.4. The van der Waals surface area contributed by atoms with Crippen molar-refractivity contribution in [1.29, 1.82) is 0 Å². The number of allylic oxidation sites excluding steroid dienone is 2. The normalized spacial score (nSPS) is 20.5. The fraction of sp³-hybridized carbons (Fsp3) is 0.133. The highest BCUT2D eigenvalue weighted by atomic mass is 16.5. The SMILES string of the molecule is COC1=CC2Nc3ccccc3C(C=O)=C2C=C1. The van der Waals surface area contributed by atoms with Crippen molar-refractivity contribution >= 4 is 17.5 Å². The topological polar surface area (TPSA) is 38.3 Å². The Kier molecular flexibility index (Phi) is 2.52. The second-order valence-electron chi connectivity index (χ2n) is 4.26. The van der Waals surface area contributed by atoms with E-state index in [0.717, 1.165) is 34.4 Å². The van der Waals surface area contributed by atoms with Gasteiger partial charge in [0.05, 0.1) is 13.2 Å². The van der Waals surface area contributed by atoms with Crippen LogP contribution in [0.2, 0.25) is 0 Å². The summed E-state index contributed by atoms with van der Waals surface area (Å²) in [6, 6.07) is 7.83. The Morgan fingerprint density at radius 1 is 1.28 bits per heavy atom. The molecule has 1 N–H and O–H groups in total. The van der Waals surface area contributed by atoms with Crippen molar-refractivity contribution < 1.29 is 9.53 Å². The minimum Gasteiger partial charge on any atom is -0.497 e. The van der Waals surface area contributed by atoms with Gasteiger partial charge in [-0.1, -0.05) is 24.3 Å². The summed E-state index contributed by atoms with van der Waals surface area (Å²) in [4.78, 5) is 11.4. The molecule has 0 fully saturated rings. The van der Waals surface area contributed by atoms with Gasteiger partial charge in [0.1, 0.15) is 5.76 Å². The molecule has 1 aliphatic heterocycles. The van der Waals surface area contributed by atoms with Gasteiger partial charge in [-0.3, -0.25) is 4.79 Å². The molecule has 1 atom stereocenters. The first-order valence-corrected chi connectivity index (χ1v) is 5.82. The Hall–Kier alpha value is -2.29. The molecule has 1 aromatic carbocycles. The molecule has 1 aliphatic carbocycles. The highest BCUT2D eigenvalue weighted by Gasteiger charge is 2.25. The van der Waals surface area contributed by atoms with Crippen LogP contribution in [0.15, 0.2) is 53.8 Å². The molecule has 0 bridgehead atoms. The summed E-state index contributed by atoms with van der Waals surface area (Å²) in [5.74, 6) is 0.806. The van der Waals surface area contributed by atoms with Gasteiger partial charge < -0.3 is 10.1 Å². The fourth-order valence-corrected chi connectivity index (χ4v) is 2.40. The summed E-state index contributed by atoms with van der Waals surface area (Å²) in [5.41, 5.74) is 3.68. The van der Waals surface area contributed by atoms with Gasteiger partial charge in [0, 0.05) is 16.8 Å². The van der Waals surface area contributed by atoms with Crippen molar-refractivity contribution in [3.8, 4) is 0 Å². The lowest BCUT2D eigenvalue weighted by Crippen LogP contribution is -2.27. The molecule has 0 saturated carbocycles. The van der Waals surface area contributed by atoms with Gasteiger partial charge in [-0.05, 0) is 23.8 Å². The Balaban J connectivity index is 2.16. The van der Waals surface area contributed by atoms with E-state index in [1.54, 1.807) is 7.11 Å². The molecule has 18 heavy (non-hydrogen) atoms. The molecular weight excluding hydrogens is 226 g/mol. The summed E-state index contributed by atoms with van der Waals surface area (Å²) in [6.45, 7) is 0. The van der Waals surface area contributed by atoms with E-state index in [9.17, 15) is 4.79 Å². The standard InChI is InChI=1S/C15H13NO2/c1-18-10-6-7-12-13(9-17)11-4-2-3-5-14(11)16-15(12)8-10/h2-9,15-16H,1H3. The molecule has 0 aromatic heterocycles. The van der Waals surface area contributed by atoms with Crippen LogP contribution in [0.3, 0.4) is 0 Å².